The molecule has 2 heterocycles. The highest BCUT2D eigenvalue weighted by molar-refractivity contribution is 8.00. The van der Waals surface area contributed by atoms with Gasteiger partial charge >= 0.3 is 0 Å². The second-order valence-corrected chi connectivity index (χ2v) is 7.51. The highest BCUT2D eigenvalue weighted by Gasteiger charge is 2.47. The van der Waals surface area contributed by atoms with Crippen LogP contribution in [0.5, 0.6) is 0 Å². The van der Waals surface area contributed by atoms with Gasteiger partial charge in [-0.05, 0) is 12.8 Å². The van der Waals surface area contributed by atoms with Gasteiger partial charge in [-0.15, -0.1) is 11.8 Å². The molecule has 0 saturated carbocycles. The van der Waals surface area contributed by atoms with E-state index in [0.717, 1.165) is 25.1 Å². The molecule has 0 aromatic heterocycles. The van der Waals surface area contributed by atoms with Gasteiger partial charge in [-0.3, -0.25) is 9.59 Å². The zero-order valence-corrected chi connectivity index (χ0v) is 13.6. The first-order valence-electron chi connectivity index (χ1n) is 7.52. The molecule has 2 saturated heterocycles. The predicted molar refractivity (Wildman–Crippen MR) is 82.6 cm³/mol. The van der Waals surface area contributed by atoms with Crippen molar-refractivity contribution >= 4 is 23.6 Å². The summed E-state index contributed by atoms with van der Waals surface area (Å²) < 4.78 is 0. The lowest BCUT2D eigenvalue weighted by Gasteiger charge is -2.45. The maximum absolute atomic E-state index is 12.4. The van der Waals surface area contributed by atoms with Crippen LogP contribution in [0.2, 0.25) is 0 Å². The number of likely N-dealkylation sites (tertiary alicyclic amines) is 1. The average molecular weight is 315 g/mol. The van der Waals surface area contributed by atoms with Crippen LogP contribution in [0.1, 0.15) is 26.7 Å². The number of hydrogen-bond acceptors (Lipinski definition) is 5. The van der Waals surface area contributed by atoms with Crippen LogP contribution in [-0.4, -0.2) is 69.6 Å². The summed E-state index contributed by atoms with van der Waals surface area (Å²) in [5, 5.41) is 8.99. The van der Waals surface area contributed by atoms with Crippen molar-refractivity contribution < 1.29 is 14.7 Å². The summed E-state index contributed by atoms with van der Waals surface area (Å²) in [5.74, 6) is 0.967. The van der Waals surface area contributed by atoms with Crippen molar-refractivity contribution in [3.8, 4) is 0 Å². The fourth-order valence-electron chi connectivity index (χ4n) is 3.03. The standard InChI is InChI=1S/C14H25N3O3S/c1-10(2)12(19)17-7-8-21-14(17)3-5-16(6-4-14)13(20)11(15)9-18/h10-11,18H,3-9,15H2,1-2H3/t11-/m0/s1. The van der Waals surface area contributed by atoms with E-state index in [1.54, 1.807) is 4.90 Å². The van der Waals surface area contributed by atoms with Crippen molar-refractivity contribution in [2.45, 2.75) is 37.6 Å². The minimum absolute atomic E-state index is 0.00282. The lowest BCUT2D eigenvalue weighted by atomic mass is 10.00. The highest BCUT2D eigenvalue weighted by Crippen LogP contribution is 2.44. The Labute approximate surface area is 130 Å². The number of amides is 2. The van der Waals surface area contributed by atoms with Crippen LogP contribution in [-0.2, 0) is 9.59 Å². The van der Waals surface area contributed by atoms with Crippen molar-refractivity contribution in [3.05, 3.63) is 0 Å². The lowest BCUT2D eigenvalue weighted by molar-refractivity contribution is -0.140. The number of nitrogens with zero attached hydrogens (tertiary/aromatic N) is 2. The molecule has 2 aliphatic rings. The first-order valence-corrected chi connectivity index (χ1v) is 8.50. The summed E-state index contributed by atoms with van der Waals surface area (Å²) in [6.07, 6.45) is 1.56. The molecule has 3 N–H and O–H groups in total. The van der Waals surface area contributed by atoms with Crippen LogP contribution < -0.4 is 5.73 Å². The molecule has 7 heteroatoms. The smallest absolute Gasteiger partial charge is 0.241 e. The van der Waals surface area contributed by atoms with Gasteiger partial charge in [0.1, 0.15) is 6.04 Å². The highest BCUT2D eigenvalue weighted by atomic mass is 32.2. The Kier molecular flexibility index (Phi) is 5.16. The minimum atomic E-state index is -0.830. The van der Waals surface area contributed by atoms with Crippen LogP contribution in [0, 0.1) is 5.92 Å². The molecule has 1 spiro atoms. The summed E-state index contributed by atoms with van der Waals surface area (Å²) in [4.78, 5) is 27.9. The lowest BCUT2D eigenvalue weighted by Crippen LogP contribution is -2.56. The number of piperidine rings is 1. The zero-order valence-electron chi connectivity index (χ0n) is 12.7. The van der Waals surface area contributed by atoms with Gasteiger partial charge in [0.2, 0.25) is 11.8 Å². The Morgan fingerprint density at radius 3 is 2.38 bits per heavy atom. The monoisotopic (exact) mass is 315 g/mol. The average Bonchev–Trinajstić information content (AvgIpc) is 2.88. The number of aliphatic hydroxyl groups excluding tert-OH is 1. The fraction of sp³-hybridized carbons (Fsp3) is 0.857. The van der Waals surface area contributed by atoms with Crippen molar-refractivity contribution in [1.82, 2.24) is 9.80 Å². The molecule has 0 unspecified atom stereocenters. The first-order chi connectivity index (χ1) is 9.91. The second kappa shape index (κ2) is 6.54. The summed E-state index contributed by atoms with van der Waals surface area (Å²) in [7, 11) is 0. The molecule has 0 aliphatic carbocycles. The van der Waals surface area contributed by atoms with Gasteiger partial charge in [-0.2, -0.15) is 0 Å². The maximum atomic E-state index is 12.4. The summed E-state index contributed by atoms with van der Waals surface area (Å²) in [5.41, 5.74) is 5.60. The normalized spacial score (nSPS) is 22.9. The number of aliphatic hydroxyl groups is 1. The second-order valence-electron chi connectivity index (χ2n) is 6.05. The third kappa shape index (κ3) is 3.19. The molecule has 0 bridgehead atoms. The number of carbonyl (C=O) groups is 2. The number of hydrogen-bond donors (Lipinski definition) is 2. The quantitative estimate of drug-likeness (QED) is 0.757. The van der Waals surface area contributed by atoms with E-state index < -0.39 is 6.04 Å². The van der Waals surface area contributed by atoms with E-state index in [4.69, 9.17) is 10.8 Å². The first kappa shape index (κ1) is 16.6. The molecule has 2 amide bonds. The van der Waals surface area contributed by atoms with E-state index in [2.05, 4.69) is 0 Å². The molecule has 2 fully saturated rings. The van der Waals surface area contributed by atoms with Crippen LogP contribution >= 0.6 is 11.8 Å². The van der Waals surface area contributed by atoms with E-state index in [1.165, 1.54) is 0 Å². The van der Waals surface area contributed by atoms with Crippen LogP contribution in [0.3, 0.4) is 0 Å². The van der Waals surface area contributed by atoms with E-state index in [1.807, 2.05) is 30.5 Å². The number of carbonyl (C=O) groups excluding carboxylic acids is 2. The molecule has 2 aliphatic heterocycles. The van der Waals surface area contributed by atoms with Crippen molar-refractivity contribution in [2.75, 3.05) is 32.0 Å². The predicted octanol–water partition coefficient (Wildman–Crippen LogP) is -0.144. The van der Waals surface area contributed by atoms with Gasteiger partial charge in [-0.25, -0.2) is 0 Å². The summed E-state index contributed by atoms with van der Waals surface area (Å²) >= 11 is 1.83. The number of thioether (sulfide) groups is 1. The third-order valence-electron chi connectivity index (χ3n) is 4.31. The maximum Gasteiger partial charge on any atom is 0.241 e. The molecule has 0 aromatic rings. The van der Waals surface area contributed by atoms with Gasteiger partial charge in [-0.1, -0.05) is 13.8 Å². The van der Waals surface area contributed by atoms with Gasteiger partial charge in [0.25, 0.3) is 0 Å². The Bertz CT molecular complexity index is 408. The Balaban J connectivity index is 2.01. The van der Waals surface area contributed by atoms with Gasteiger partial charge in [0.15, 0.2) is 0 Å². The molecular weight excluding hydrogens is 290 g/mol. The third-order valence-corrected chi connectivity index (χ3v) is 5.86. The Morgan fingerprint density at radius 1 is 1.24 bits per heavy atom. The molecule has 0 aromatic carbocycles. The molecule has 2 rings (SSSR count). The van der Waals surface area contributed by atoms with Gasteiger partial charge in [0.05, 0.1) is 11.5 Å². The number of rotatable bonds is 3. The Morgan fingerprint density at radius 2 is 1.86 bits per heavy atom. The van der Waals surface area contributed by atoms with Crippen molar-refractivity contribution in [2.24, 2.45) is 11.7 Å². The minimum Gasteiger partial charge on any atom is -0.394 e. The van der Waals surface area contributed by atoms with Crippen LogP contribution in [0.25, 0.3) is 0 Å². The van der Waals surface area contributed by atoms with Crippen molar-refractivity contribution in [3.63, 3.8) is 0 Å². The van der Waals surface area contributed by atoms with Gasteiger partial charge < -0.3 is 20.6 Å². The largest absolute Gasteiger partial charge is 0.394 e. The van der Waals surface area contributed by atoms with E-state index >= 15 is 0 Å². The SMILES string of the molecule is CC(C)C(=O)N1CCSC12CCN(C(=O)[C@@H](N)CO)CC2. The van der Waals surface area contributed by atoms with Crippen LogP contribution in [0.4, 0.5) is 0 Å². The number of nitrogens with two attached hydrogens (primary N) is 1. The molecule has 0 radical (unpaired) electrons. The van der Waals surface area contributed by atoms with Crippen LogP contribution in [0.15, 0.2) is 0 Å². The fourth-order valence-corrected chi connectivity index (χ4v) is 4.50. The molecular formula is C14H25N3O3S. The topological polar surface area (TPSA) is 86.9 Å². The molecule has 21 heavy (non-hydrogen) atoms. The zero-order chi connectivity index (χ0) is 15.6. The van der Waals surface area contributed by atoms with Gasteiger partial charge in [0, 0.05) is 31.3 Å². The van der Waals surface area contributed by atoms with E-state index in [9.17, 15) is 9.59 Å². The summed E-state index contributed by atoms with van der Waals surface area (Å²) in [6, 6.07) is -0.830. The molecule has 120 valence electrons. The van der Waals surface area contributed by atoms with Crippen molar-refractivity contribution in [1.29, 1.82) is 0 Å². The molecule has 1 atom stereocenters. The van der Waals surface area contributed by atoms with E-state index in [0.29, 0.717) is 13.1 Å². The summed E-state index contributed by atoms with van der Waals surface area (Å²) in [6.45, 7) is 5.53. The van der Waals surface area contributed by atoms with E-state index in [-0.39, 0.29) is 29.2 Å². The Hall–Kier alpha value is -0.790. The molecule has 6 nitrogen and oxygen atoms in total.